The van der Waals surface area contributed by atoms with Gasteiger partial charge in [0.1, 0.15) is 0 Å². The van der Waals surface area contributed by atoms with Gasteiger partial charge in [-0.25, -0.2) is 4.79 Å². The molecule has 5 nitrogen and oxygen atoms in total. The molecule has 0 aromatic carbocycles. The quantitative estimate of drug-likeness (QED) is 0.502. The van der Waals surface area contributed by atoms with E-state index in [1.165, 1.54) is 10.9 Å². The fourth-order valence-electron chi connectivity index (χ4n) is 0.832. The summed E-state index contributed by atoms with van der Waals surface area (Å²) in [6, 6.07) is 0.0891. The van der Waals surface area contributed by atoms with Crippen molar-refractivity contribution in [3.8, 4) is 0 Å². The number of rotatable bonds is 3. The molecular formula is C7H12I3N4OV. The summed E-state index contributed by atoms with van der Waals surface area (Å²) in [4.78, 5) is 11.1. The van der Waals surface area contributed by atoms with Crippen LogP contribution in [0.25, 0.3) is 6.20 Å². The molecule has 92 valence electrons. The van der Waals surface area contributed by atoms with Gasteiger partial charge in [-0.1, -0.05) is 13.5 Å². The van der Waals surface area contributed by atoms with Crippen molar-refractivity contribution in [1.29, 1.82) is 0 Å². The topological polar surface area (TPSA) is 52.7 Å². The summed E-state index contributed by atoms with van der Waals surface area (Å²) >= 11 is 7.39. The van der Waals surface area contributed by atoms with Crippen LogP contribution in [0.1, 0.15) is 26.3 Å². The van der Waals surface area contributed by atoms with Gasteiger partial charge in [-0.3, -0.25) is 0 Å². The second-order valence-electron chi connectivity index (χ2n) is 2.78. The minimum absolute atomic E-state index is 0.0891. The Balaban J connectivity index is 0.000000487. The molecule has 0 bridgehead atoms. The Hall–Kier alpha value is 1.38. The molecular weight excluding hydrogens is 588 g/mol. The monoisotopic (exact) mass is 600 g/mol. The Morgan fingerprint density at radius 3 is 2.31 bits per heavy atom. The zero-order valence-corrected chi connectivity index (χ0v) is 16.7. The van der Waals surface area contributed by atoms with Crippen molar-refractivity contribution in [3.63, 3.8) is 0 Å². The Labute approximate surface area is 132 Å². The first-order valence-electron chi connectivity index (χ1n) is 4.38. The molecule has 16 heavy (non-hydrogen) atoms. The molecule has 0 radical (unpaired) electrons. The van der Waals surface area contributed by atoms with Crippen LogP contribution >= 0.6 is 59.9 Å². The number of tetrazole rings is 1. The third kappa shape index (κ3) is 6.35. The Kier molecular flexibility index (Phi) is 10.1. The molecule has 0 aliphatic heterocycles. The average Bonchev–Trinajstić information content (AvgIpc) is 2.57. The molecule has 1 rings (SSSR count). The van der Waals surface area contributed by atoms with Crippen molar-refractivity contribution in [1.82, 2.24) is 19.8 Å². The zero-order chi connectivity index (χ0) is 12.7. The summed E-state index contributed by atoms with van der Waals surface area (Å²) in [5, 5.41) is 7.31. The van der Waals surface area contributed by atoms with Gasteiger partial charge in [0.15, 0.2) is 0 Å². The summed E-state index contributed by atoms with van der Waals surface area (Å²) < 4.78 is 2.47. The first kappa shape index (κ1) is 17.4. The van der Waals surface area contributed by atoms with Crippen molar-refractivity contribution >= 4 is 66.1 Å². The van der Waals surface area contributed by atoms with Gasteiger partial charge in [0.2, 0.25) is 0 Å². The van der Waals surface area contributed by atoms with Crippen molar-refractivity contribution in [2.24, 2.45) is 0 Å². The van der Waals surface area contributed by atoms with E-state index in [4.69, 9.17) is 0 Å². The maximum atomic E-state index is 11.3. The molecule has 1 heterocycles. The molecule has 0 amide bonds. The Bertz CT molecular complexity index is 375. The number of aromatic nitrogens is 4. The number of halogens is 3. The van der Waals surface area contributed by atoms with E-state index in [0.29, 0.717) is 0 Å². The van der Waals surface area contributed by atoms with Gasteiger partial charge in [0.25, 0.3) is 0 Å². The minimum atomic E-state index is -0.278. The average molecular weight is 600 g/mol. The Morgan fingerprint density at radius 2 is 2.00 bits per heavy atom. The van der Waals surface area contributed by atoms with Crippen molar-refractivity contribution in [2.45, 2.75) is 26.3 Å². The summed E-state index contributed by atoms with van der Waals surface area (Å²) in [6.45, 7) is 7.35. The van der Waals surface area contributed by atoms with Crippen LogP contribution in [0, 0.1) is 0 Å². The maximum absolute atomic E-state index is 11.3. The van der Waals surface area contributed by atoms with Crippen LogP contribution in [-0.2, 0) is 4.92 Å². The zero-order valence-electron chi connectivity index (χ0n) is 8.85. The molecule has 9 heteroatoms. The van der Waals surface area contributed by atoms with Gasteiger partial charge in [-0.15, -0.1) is 0 Å². The molecule has 0 aliphatic rings. The third-order valence-electron chi connectivity index (χ3n) is 1.81. The van der Waals surface area contributed by atoms with Crippen LogP contribution in [0.3, 0.4) is 0 Å². The van der Waals surface area contributed by atoms with Crippen molar-refractivity contribution < 1.29 is 4.92 Å². The molecule has 1 unspecified atom stereocenters. The van der Waals surface area contributed by atoms with E-state index in [0.717, 1.165) is 11.1 Å². The standard InChI is InChI=1S/C7H12N4O.3HI.V/c1-4-6(3)11-7(12)10(5-2)8-9-11;;;;/h5-6H,2,4H2,1,3H3;3*1H;/q;;;;+3/p-3. The summed E-state index contributed by atoms with van der Waals surface area (Å²) in [6.07, 6.45) is 2.20. The number of hydrogen-bond acceptors (Lipinski definition) is 3. The third-order valence-corrected chi connectivity index (χ3v) is 1.81. The summed E-state index contributed by atoms with van der Waals surface area (Å²) in [7, 11) is 0. The molecule has 0 saturated heterocycles. The fourth-order valence-corrected chi connectivity index (χ4v) is 0.832. The molecule has 0 N–H and O–H groups in total. The van der Waals surface area contributed by atoms with Gasteiger partial charge in [0, 0.05) is 6.20 Å². The van der Waals surface area contributed by atoms with E-state index in [1.807, 2.05) is 13.8 Å². The first-order valence-corrected chi connectivity index (χ1v) is 17.9. The van der Waals surface area contributed by atoms with Gasteiger partial charge in [-0.2, -0.15) is 9.36 Å². The van der Waals surface area contributed by atoms with Gasteiger partial charge in [-0.05, 0) is 23.8 Å². The molecule has 1 atom stereocenters. The molecule has 0 aliphatic carbocycles. The van der Waals surface area contributed by atoms with Crippen LogP contribution in [0.2, 0.25) is 0 Å². The van der Waals surface area contributed by atoms with Crippen LogP contribution in [0.5, 0.6) is 0 Å². The second kappa shape index (κ2) is 9.33. The van der Waals surface area contributed by atoms with E-state index in [9.17, 15) is 4.79 Å². The summed E-state index contributed by atoms with van der Waals surface area (Å²) in [5.41, 5.74) is -0.237. The van der Waals surface area contributed by atoms with Gasteiger partial charge < -0.3 is 0 Å². The van der Waals surface area contributed by atoms with E-state index in [1.54, 1.807) is 0 Å². The van der Waals surface area contributed by atoms with Crippen LogP contribution < -0.4 is 5.69 Å². The van der Waals surface area contributed by atoms with E-state index < -0.39 is 0 Å². The molecule has 1 aromatic heterocycles. The molecule has 0 fully saturated rings. The van der Waals surface area contributed by atoms with Crippen LogP contribution in [0.4, 0.5) is 0 Å². The van der Waals surface area contributed by atoms with Gasteiger partial charge in [0.05, 0.1) is 6.04 Å². The predicted octanol–water partition coefficient (Wildman–Crippen LogP) is 3.17. The van der Waals surface area contributed by atoms with Crippen LogP contribution in [0.15, 0.2) is 11.4 Å². The Morgan fingerprint density at radius 1 is 1.50 bits per heavy atom. The molecule has 1 aromatic rings. The summed E-state index contributed by atoms with van der Waals surface area (Å²) in [5.74, 6) is 0. The number of hydrogen-bond donors (Lipinski definition) is 0. The predicted molar refractivity (Wildman–Crippen MR) is 87.7 cm³/mol. The first-order chi connectivity index (χ1) is 7.43. The second-order valence-corrected chi connectivity index (χ2v) is 38.2. The molecule has 0 spiro atoms. The van der Waals surface area contributed by atoms with Gasteiger partial charge >= 0.3 is 70.5 Å². The van der Waals surface area contributed by atoms with E-state index >= 15 is 0 Å². The molecule has 0 saturated carbocycles. The normalized spacial score (nSPS) is 11.9. The van der Waals surface area contributed by atoms with E-state index in [-0.39, 0.29) is 16.7 Å². The van der Waals surface area contributed by atoms with Crippen LogP contribution in [-0.4, -0.2) is 19.8 Å². The van der Waals surface area contributed by atoms with Crippen molar-refractivity contribution in [3.05, 3.63) is 17.1 Å². The van der Waals surface area contributed by atoms with Crippen molar-refractivity contribution in [2.75, 3.05) is 0 Å². The van der Waals surface area contributed by atoms with E-state index in [2.05, 4.69) is 76.9 Å². The fraction of sp³-hybridized carbons (Fsp3) is 0.571. The SMILES string of the molecule is C=Cn1nnn(C(C)CC)c1=O.[I][V]([I])[I]. The number of nitrogens with zero attached hydrogens (tertiary/aromatic N) is 4.